The molecule has 0 bridgehead atoms. The van der Waals surface area contributed by atoms with Gasteiger partial charge in [0.2, 0.25) is 0 Å². The molecule has 0 aliphatic heterocycles. The lowest BCUT2D eigenvalue weighted by atomic mass is 10.1. The standard InChI is InChI=1S/C20H20ClN7O/c1-11(2)27-20(29)13-8-12-4-3-5-15(21)17(12)28-16(13)6-7-24-19-14(9-22)18(23)25-10-26-19/h3-5,8,10-11H,6-7H2,1-2H3,(H,27,29)(H3,23,24,25,26). The van der Waals surface area contributed by atoms with Crippen molar-refractivity contribution in [3.05, 3.63) is 52.4 Å². The third kappa shape index (κ3) is 4.52. The fraction of sp³-hybridized carbons (Fsp3) is 0.250. The Kier molecular flexibility index (Phi) is 6.10. The molecule has 8 nitrogen and oxygen atoms in total. The molecule has 0 aliphatic carbocycles. The molecule has 0 saturated carbocycles. The molecule has 3 aromatic rings. The predicted octanol–water partition coefficient (Wildman–Crippen LogP) is 2.92. The van der Waals surface area contributed by atoms with E-state index >= 15 is 0 Å². The number of pyridine rings is 1. The summed E-state index contributed by atoms with van der Waals surface area (Å²) in [6.07, 6.45) is 1.70. The van der Waals surface area contributed by atoms with Crippen LogP contribution < -0.4 is 16.4 Å². The minimum absolute atomic E-state index is 0.00860. The van der Waals surface area contributed by atoms with Crippen LogP contribution in [-0.4, -0.2) is 33.4 Å². The zero-order valence-corrected chi connectivity index (χ0v) is 16.8. The molecule has 4 N–H and O–H groups in total. The number of hydrogen-bond acceptors (Lipinski definition) is 7. The van der Waals surface area contributed by atoms with Crippen molar-refractivity contribution in [1.82, 2.24) is 20.3 Å². The largest absolute Gasteiger partial charge is 0.382 e. The number of halogens is 1. The molecule has 9 heteroatoms. The molecule has 0 aliphatic rings. The number of fused-ring (bicyclic) bond motifs is 1. The number of benzene rings is 1. The highest BCUT2D eigenvalue weighted by molar-refractivity contribution is 6.35. The molecular weight excluding hydrogens is 390 g/mol. The van der Waals surface area contributed by atoms with Crippen molar-refractivity contribution in [2.45, 2.75) is 26.3 Å². The Hall–Kier alpha value is -3.44. The van der Waals surface area contributed by atoms with Crippen LogP contribution in [0.1, 0.15) is 35.5 Å². The molecule has 0 radical (unpaired) electrons. The third-order valence-corrected chi connectivity index (χ3v) is 4.49. The van der Waals surface area contributed by atoms with E-state index in [2.05, 4.69) is 25.6 Å². The van der Waals surface area contributed by atoms with E-state index in [-0.39, 0.29) is 23.3 Å². The lowest BCUT2D eigenvalue weighted by Crippen LogP contribution is -2.31. The van der Waals surface area contributed by atoms with E-state index in [0.29, 0.717) is 40.6 Å². The van der Waals surface area contributed by atoms with E-state index in [1.165, 1.54) is 6.33 Å². The Bertz CT molecular complexity index is 1110. The number of carbonyl (C=O) groups is 1. The Balaban J connectivity index is 1.91. The van der Waals surface area contributed by atoms with Crippen LogP contribution in [0.2, 0.25) is 5.02 Å². The normalized spacial score (nSPS) is 10.7. The molecule has 148 valence electrons. The van der Waals surface area contributed by atoms with E-state index in [0.717, 1.165) is 5.39 Å². The van der Waals surface area contributed by atoms with Gasteiger partial charge in [0.05, 0.1) is 21.8 Å². The van der Waals surface area contributed by atoms with Crippen LogP contribution in [0.4, 0.5) is 11.6 Å². The first-order valence-corrected chi connectivity index (χ1v) is 9.42. The number of nitrogen functional groups attached to an aromatic ring is 1. The summed E-state index contributed by atoms with van der Waals surface area (Å²) >= 11 is 6.29. The number of carbonyl (C=O) groups excluding carboxylic acids is 1. The van der Waals surface area contributed by atoms with Crippen LogP contribution in [0, 0.1) is 11.3 Å². The number of nitriles is 1. The minimum Gasteiger partial charge on any atom is -0.382 e. The van der Waals surface area contributed by atoms with Crippen LogP contribution in [0.5, 0.6) is 0 Å². The fourth-order valence-corrected chi connectivity index (χ4v) is 3.09. The van der Waals surface area contributed by atoms with E-state index in [4.69, 9.17) is 17.3 Å². The van der Waals surface area contributed by atoms with Crippen LogP contribution in [0.25, 0.3) is 10.9 Å². The van der Waals surface area contributed by atoms with Gasteiger partial charge in [-0.3, -0.25) is 9.78 Å². The van der Waals surface area contributed by atoms with E-state index in [1.54, 1.807) is 12.1 Å². The number of nitrogens with one attached hydrogen (secondary N) is 2. The summed E-state index contributed by atoms with van der Waals surface area (Å²) < 4.78 is 0. The Morgan fingerprint density at radius 2 is 2.14 bits per heavy atom. The smallest absolute Gasteiger partial charge is 0.253 e. The monoisotopic (exact) mass is 409 g/mol. The molecule has 0 atom stereocenters. The lowest BCUT2D eigenvalue weighted by molar-refractivity contribution is 0.0942. The van der Waals surface area contributed by atoms with Gasteiger partial charge in [0.15, 0.2) is 0 Å². The summed E-state index contributed by atoms with van der Waals surface area (Å²) in [5.41, 5.74) is 7.60. The summed E-state index contributed by atoms with van der Waals surface area (Å²) in [7, 11) is 0. The molecule has 2 aromatic heterocycles. The van der Waals surface area contributed by atoms with Gasteiger partial charge in [-0.1, -0.05) is 23.7 Å². The zero-order valence-electron chi connectivity index (χ0n) is 16.0. The van der Waals surface area contributed by atoms with Gasteiger partial charge in [-0.2, -0.15) is 5.26 Å². The van der Waals surface area contributed by atoms with E-state index in [1.807, 2.05) is 32.0 Å². The van der Waals surface area contributed by atoms with Gasteiger partial charge in [-0.15, -0.1) is 0 Å². The molecule has 1 aromatic carbocycles. The molecule has 29 heavy (non-hydrogen) atoms. The summed E-state index contributed by atoms with van der Waals surface area (Å²) in [6.45, 7) is 4.18. The van der Waals surface area contributed by atoms with Crippen molar-refractivity contribution < 1.29 is 4.79 Å². The first-order chi connectivity index (χ1) is 13.9. The topological polar surface area (TPSA) is 130 Å². The molecule has 0 spiro atoms. The lowest BCUT2D eigenvalue weighted by Gasteiger charge is -2.14. The van der Waals surface area contributed by atoms with Crippen LogP contribution >= 0.6 is 11.6 Å². The maximum absolute atomic E-state index is 12.7. The first-order valence-electron chi connectivity index (χ1n) is 9.04. The first kappa shape index (κ1) is 20.3. The SMILES string of the molecule is CC(C)NC(=O)c1cc2cccc(Cl)c2nc1CCNc1ncnc(N)c1C#N. The van der Waals surface area contributed by atoms with Crippen molar-refractivity contribution in [2.75, 3.05) is 17.6 Å². The fourth-order valence-electron chi connectivity index (χ4n) is 2.87. The molecule has 1 amide bonds. The average Bonchev–Trinajstić information content (AvgIpc) is 2.67. The number of rotatable bonds is 6. The highest BCUT2D eigenvalue weighted by atomic mass is 35.5. The maximum atomic E-state index is 12.7. The zero-order chi connectivity index (χ0) is 21.0. The number of aromatic nitrogens is 3. The van der Waals surface area contributed by atoms with Gasteiger partial charge < -0.3 is 16.4 Å². The molecule has 0 unspecified atom stereocenters. The predicted molar refractivity (Wildman–Crippen MR) is 113 cm³/mol. The number of amides is 1. The van der Waals surface area contributed by atoms with Crippen LogP contribution in [-0.2, 0) is 6.42 Å². The Labute approximate surface area is 173 Å². The molecular formula is C20H20ClN7O. The summed E-state index contributed by atoms with van der Waals surface area (Å²) in [6, 6.07) is 9.22. The van der Waals surface area contributed by atoms with Gasteiger partial charge >= 0.3 is 0 Å². The quantitative estimate of drug-likeness (QED) is 0.570. The highest BCUT2D eigenvalue weighted by Gasteiger charge is 2.17. The number of para-hydroxylation sites is 1. The van der Waals surface area contributed by atoms with Gasteiger partial charge in [0.1, 0.15) is 29.6 Å². The van der Waals surface area contributed by atoms with Crippen molar-refractivity contribution >= 4 is 40.0 Å². The molecule has 2 heterocycles. The van der Waals surface area contributed by atoms with Crippen molar-refractivity contribution in [2.24, 2.45) is 0 Å². The molecule has 0 saturated heterocycles. The third-order valence-electron chi connectivity index (χ3n) is 4.18. The number of anilines is 2. The molecule has 0 fully saturated rings. The highest BCUT2D eigenvalue weighted by Crippen LogP contribution is 2.24. The number of nitrogens with two attached hydrogens (primary N) is 1. The Morgan fingerprint density at radius 1 is 1.34 bits per heavy atom. The summed E-state index contributed by atoms with van der Waals surface area (Å²) in [4.78, 5) is 25.2. The number of nitrogens with zero attached hydrogens (tertiary/aromatic N) is 4. The second-order valence-corrected chi connectivity index (χ2v) is 7.10. The van der Waals surface area contributed by atoms with E-state index < -0.39 is 0 Å². The van der Waals surface area contributed by atoms with Crippen molar-refractivity contribution in [1.29, 1.82) is 5.26 Å². The van der Waals surface area contributed by atoms with Gasteiger partial charge in [-0.05, 0) is 26.0 Å². The minimum atomic E-state index is -0.201. The second-order valence-electron chi connectivity index (χ2n) is 6.69. The summed E-state index contributed by atoms with van der Waals surface area (Å²) in [5.74, 6) is 0.248. The van der Waals surface area contributed by atoms with Crippen molar-refractivity contribution in [3.8, 4) is 6.07 Å². The Morgan fingerprint density at radius 3 is 2.86 bits per heavy atom. The van der Waals surface area contributed by atoms with Crippen LogP contribution in [0.15, 0.2) is 30.6 Å². The second kappa shape index (κ2) is 8.71. The molecule has 3 rings (SSSR count). The van der Waals surface area contributed by atoms with Gasteiger partial charge in [0.25, 0.3) is 5.91 Å². The van der Waals surface area contributed by atoms with E-state index in [9.17, 15) is 10.1 Å². The van der Waals surface area contributed by atoms with Gasteiger partial charge in [-0.25, -0.2) is 9.97 Å². The maximum Gasteiger partial charge on any atom is 0.253 e. The summed E-state index contributed by atoms with van der Waals surface area (Å²) in [5, 5.41) is 16.5. The number of hydrogen-bond donors (Lipinski definition) is 3. The average molecular weight is 410 g/mol. The van der Waals surface area contributed by atoms with Gasteiger partial charge in [0, 0.05) is 24.4 Å². The van der Waals surface area contributed by atoms with Crippen molar-refractivity contribution in [3.63, 3.8) is 0 Å². The van der Waals surface area contributed by atoms with Crippen LogP contribution in [0.3, 0.4) is 0 Å².